The molecule has 0 radical (unpaired) electrons. The lowest BCUT2D eigenvalue weighted by atomic mass is 10.2. The average Bonchev–Trinajstić information content (AvgIpc) is 3.05. The maximum Gasteiger partial charge on any atom is 0.360 e. The number of benzene rings is 2. The zero-order valence-corrected chi connectivity index (χ0v) is 14.4. The number of esters is 1. The number of likely N-dealkylation sites (N-methyl/N-ethyl adjacent to an activating group) is 1. The van der Waals surface area contributed by atoms with Crippen molar-refractivity contribution < 1.29 is 18.7 Å². The molecule has 0 unspecified atom stereocenters. The van der Waals surface area contributed by atoms with Crippen molar-refractivity contribution in [1.29, 1.82) is 0 Å². The molecule has 7 heteroatoms. The minimum Gasteiger partial charge on any atom is -0.448 e. The summed E-state index contributed by atoms with van der Waals surface area (Å²) >= 11 is 0. The predicted octanol–water partition coefficient (Wildman–Crippen LogP) is 2.91. The number of nitrogens with one attached hydrogen (secondary N) is 1. The van der Waals surface area contributed by atoms with E-state index in [1.54, 1.807) is 37.4 Å². The number of carbonyl (C=O) groups is 2. The number of aromatic amines is 1. The van der Waals surface area contributed by atoms with Gasteiger partial charge in [-0.25, -0.2) is 9.18 Å². The molecule has 0 saturated heterocycles. The van der Waals surface area contributed by atoms with E-state index in [4.69, 9.17) is 4.74 Å². The minimum absolute atomic E-state index is 0.132. The van der Waals surface area contributed by atoms with Crippen molar-refractivity contribution in [3.8, 4) is 0 Å². The van der Waals surface area contributed by atoms with Crippen LogP contribution in [0.3, 0.4) is 0 Å². The number of amides is 1. The fourth-order valence-corrected chi connectivity index (χ4v) is 2.68. The van der Waals surface area contributed by atoms with Crippen molar-refractivity contribution in [3.05, 3.63) is 65.6 Å². The number of para-hydroxylation sites is 1. The third-order valence-electron chi connectivity index (χ3n) is 3.98. The normalized spacial score (nSPS) is 12.0. The lowest BCUT2D eigenvalue weighted by Gasteiger charge is -2.21. The van der Waals surface area contributed by atoms with Gasteiger partial charge in [-0.2, -0.15) is 5.10 Å². The van der Waals surface area contributed by atoms with Crippen LogP contribution in [0.2, 0.25) is 0 Å². The second-order valence-electron chi connectivity index (χ2n) is 5.99. The minimum atomic E-state index is -0.989. The molecule has 2 aromatic carbocycles. The maximum absolute atomic E-state index is 13.3. The van der Waals surface area contributed by atoms with E-state index in [0.717, 1.165) is 0 Å². The molecule has 0 bridgehead atoms. The average molecular weight is 355 g/mol. The summed E-state index contributed by atoms with van der Waals surface area (Å²) < 4.78 is 18.5. The number of halogens is 1. The quantitative estimate of drug-likeness (QED) is 0.714. The van der Waals surface area contributed by atoms with Crippen molar-refractivity contribution in [2.24, 2.45) is 0 Å². The Morgan fingerprint density at radius 2 is 2.00 bits per heavy atom. The van der Waals surface area contributed by atoms with E-state index >= 15 is 0 Å². The molecule has 1 aromatic heterocycles. The monoisotopic (exact) mass is 355 g/mol. The number of hydrogen-bond donors (Lipinski definition) is 1. The van der Waals surface area contributed by atoms with Crippen LogP contribution < -0.4 is 0 Å². The molecule has 1 amide bonds. The molecule has 1 heterocycles. The van der Waals surface area contributed by atoms with E-state index in [9.17, 15) is 14.0 Å². The van der Waals surface area contributed by atoms with Gasteiger partial charge in [0.1, 0.15) is 5.82 Å². The number of hydrogen-bond acceptors (Lipinski definition) is 4. The van der Waals surface area contributed by atoms with Gasteiger partial charge in [0.2, 0.25) is 0 Å². The van der Waals surface area contributed by atoms with Crippen LogP contribution in [0, 0.1) is 5.82 Å². The zero-order valence-electron chi connectivity index (χ0n) is 14.4. The molecule has 26 heavy (non-hydrogen) atoms. The molecule has 0 saturated carbocycles. The van der Waals surface area contributed by atoms with Crippen molar-refractivity contribution in [3.63, 3.8) is 0 Å². The van der Waals surface area contributed by atoms with Gasteiger partial charge >= 0.3 is 5.97 Å². The predicted molar refractivity (Wildman–Crippen MR) is 93.8 cm³/mol. The second-order valence-corrected chi connectivity index (χ2v) is 5.99. The second kappa shape index (κ2) is 7.35. The highest BCUT2D eigenvalue weighted by atomic mass is 19.1. The van der Waals surface area contributed by atoms with Gasteiger partial charge in [-0.1, -0.05) is 30.3 Å². The van der Waals surface area contributed by atoms with E-state index in [0.29, 0.717) is 16.5 Å². The topological polar surface area (TPSA) is 75.3 Å². The molecule has 6 nitrogen and oxygen atoms in total. The third kappa shape index (κ3) is 3.72. The summed E-state index contributed by atoms with van der Waals surface area (Å²) in [5, 5.41) is 7.34. The lowest BCUT2D eigenvalue weighted by molar-refractivity contribution is -0.139. The van der Waals surface area contributed by atoms with Crippen LogP contribution in [-0.2, 0) is 16.1 Å². The van der Waals surface area contributed by atoms with Gasteiger partial charge in [0.15, 0.2) is 11.8 Å². The summed E-state index contributed by atoms with van der Waals surface area (Å²) in [5.74, 6) is -1.43. The highest BCUT2D eigenvalue weighted by Gasteiger charge is 2.24. The van der Waals surface area contributed by atoms with E-state index in [1.807, 2.05) is 6.07 Å². The summed E-state index contributed by atoms with van der Waals surface area (Å²) in [6, 6.07) is 13.1. The van der Waals surface area contributed by atoms with Gasteiger partial charge in [-0.05, 0) is 30.7 Å². The van der Waals surface area contributed by atoms with Crippen LogP contribution in [0.1, 0.15) is 23.0 Å². The molecule has 0 aliphatic carbocycles. The van der Waals surface area contributed by atoms with Crippen LogP contribution in [0.15, 0.2) is 48.5 Å². The Bertz CT molecular complexity index is 954. The first kappa shape index (κ1) is 17.6. The van der Waals surface area contributed by atoms with Crippen LogP contribution in [0.4, 0.5) is 4.39 Å². The molecule has 1 N–H and O–H groups in total. The van der Waals surface area contributed by atoms with Crippen LogP contribution in [-0.4, -0.2) is 40.1 Å². The molecule has 1 atom stereocenters. The van der Waals surface area contributed by atoms with Crippen molar-refractivity contribution in [2.45, 2.75) is 19.6 Å². The van der Waals surface area contributed by atoms with E-state index in [2.05, 4.69) is 10.2 Å². The Balaban J connectivity index is 1.65. The summed E-state index contributed by atoms with van der Waals surface area (Å²) in [7, 11) is 1.57. The Morgan fingerprint density at radius 3 is 2.77 bits per heavy atom. The molecular weight excluding hydrogens is 337 g/mol. The number of carbonyl (C=O) groups excluding carboxylic acids is 2. The number of ether oxygens (including phenoxy) is 1. The standard InChI is InChI=1S/C19H18FN3O3/c1-12(18(24)23(2)11-13-6-5-7-14(20)10-13)26-19(25)17-15-8-3-4-9-16(15)21-22-17/h3-10,12H,11H2,1-2H3,(H,21,22)/t12-/m0/s1. The van der Waals surface area contributed by atoms with Gasteiger partial charge in [0, 0.05) is 19.0 Å². The third-order valence-corrected chi connectivity index (χ3v) is 3.98. The van der Waals surface area contributed by atoms with Gasteiger partial charge in [-0.15, -0.1) is 0 Å². The smallest absolute Gasteiger partial charge is 0.360 e. The zero-order chi connectivity index (χ0) is 18.7. The highest BCUT2D eigenvalue weighted by Crippen LogP contribution is 2.17. The largest absolute Gasteiger partial charge is 0.448 e. The summed E-state index contributed by atoms with van der Waals surface area (Å²) in [5.41, 5.74) is 1.49. The number of aromatic nitrogens is 2. The number of H-pyrrole nitrogens is 1. The van der Waals surface area contributed by atoms with Gasteiger partial charge in [0.05, 0.1) is 5.52 Å². The number of fused-ring (bicyclic) bond motifs is 1. The van der Waals surface area contributed by atoms with Crippen molar-refractivity contribution in [2.75, 3.05) is 7.05 Å². The molecule has 0 fully saturated rings. The summed E-state index contributed by atoms with van der Waals surface area (Å²) in [4.78, 5) is 26.1. The molecule has 134 valence electrons. The summed E-state index contributed by atoms with van der Waals surface area (Å²) in [6.45, 7) is 1.71. The number of nitrogens with zero attached hydrogens (tertiary/aromatic N) is 2. The number of rotatable bonds is 5. The fraction of sp³-hybridized carbons (Fsp3) is 0.211. The van der Waals surface area contributed by atoms with Gasteiger partial charge in [0.25, 0.3) is 5.91 Å². The van der Waals surface area contributed by atoms with Crippen LogP contribution in [0.5, 0.6) is 0 Å². The maximum atomic E-state index is 13.3. The molecule has 0 aliphatic rings. The van der Waals surface area contributed by atoms with Crippen LogP contribution in [0.25, 0.3) is 10.9 Å². The Labute approximate surface area is 149 Å². The first-order valence-electron chi connectivity index (χ1n) is 8.09. The van der Waals surface area contributed by atoms with E-state index in [1.165, 1.54) is 24.0 Å². The Kier molecular flexibility index (Phi) is 4.97. The Hall–Kier alpha value is -3.22. The molecule has 0 spiro atoms. The fourth-order valence-electron chi connectivity index (χ4n) is 2.68. The van der Waals surface area contributed by atoms with Crippen LogP contribution >= 0.6 is 0 Å². The molecule has 3 rings (SSSR count). The Morgan fingerprint density at radius 1 is 1.23 bits per heavy atom. The first-order valence-corrected chi connectivity index (χ1v) is 8.09. The first-order chi connectivity index (χ1) is 12.5. The van der Waals surface area contributed by atoms with Crippen molar-refractivity contribution >= 4 is 22.8 Å². The van der Waals surface area contributed by atoms with Crippen molar-refractivity contribution in [1.82, 2.24) is 15.1 Å². The van der Waals surface area contributed by atoms with E-state index < -0.39 is 12.1 Å². The molecular formula is C19H18FN3O3. The SMILES string of the molecule is C[C@H](OC(=O)c1n[nH]c2ccccc12)C(=O)N(C)Cc1cccc(F)c1. The molecule has 3 aromatic rings. The molecule has 0 aliphatic heterocycles. The summed E-state index contributed by atoms with van der Waals surface area (Å²) in [6.07, 6.45) is -0.989. The van der Waals surface area contributed by atoms with Gasteiger partial charge in [-0.3, -0.25) is 9.89 Å². The van der Waals surface area contributed by atoms with Gasteiger partial charge < -0.3 is 9.64 Å². The lowest BCUT2D eigenvalue weighted by Crippen LogP contribution is -2.37. The van der Waals surface area contributed by atoms with E-state index in [-0.39, 0.29) is 24.0 Å². The highest BCUT2D eigenvalue weighted by molar-refractivity contribution is 6.02.